The lowest BCUT2D eigenvalue weighted by Crippen LogP contribution is -2.41. The normalized spacial score (nSPS) is 22.2. The van der Waals surface area contributed by atoms with Gasteiger partial charge in [-0.05, 0) is 6.07 Å². The van der Waals surface area contributed by atoms with E-state index >= 15 is 0 Å². The largest absolute Gasteiger partial charge is 0.387 e. The maximum absolute atomic E-state index is 12.0. The van der Waals surface area contributed by atoms with Crippen LogP contribution in [0.4, 0.5) is 5.69 Å². The smallest absolute Gasteiger partial charge is 0.238 e. The van der Waals surface area contributed by atoms with Crippen molar-refractivity contribution >= 4 is 15.7 Å². The van der Waals surface area contributed by atoms with Crippen LogP contribution in [0.25, 0.3) is 0 Å². The molecular formula is C11H15NO4S. The molecule has 17 heavy (non-hydrogen) atoms. The number of ether oxygens (including phenoxy) is 1. The van der Waals surface area contributed by atoms with Gasteiger partial charge in [-0.15, -0.1) is 0 Å². The maximum Gasteiger partial charge on any atom is 0.238 e. The average Bonchev–Trinajstić information content (AvgIpc) is 2.28. The molecule has 1 aliphatic heterocycles. The number of benzene rings is 1. The summed E-state index contributed by atoms with van der Waals surface area (Å²) in [6, 6.07) is 6.99. The third-order valence-corrected chi connectivity index (χ3v) is 4.56. The first kappa shape index (κ1) is 12.3. The molecule has 0 saturated carbocycles. The topological polar surface area (TPSA) is 66.8 Å². The summed E-state index contributed by atoms with van der Waals surface area (Å²) < 4.78 is 30.2. The Morgan fingerprint density at radius 2 is 2.18 bits per heavy atom. The molecule has 0 bridgehead atoms. The number of nitrogens with zero attached hydrogens (tertiary/aromatic N) is 1. The van der Waals surface area contributed by atoms with Gasteiger partial charge in [-0.25, -0.2) is 8.42 Å². The number of aliphatic hydroxyl groups excluding tert-OH is 1. The van der Waals surface area contributed by atoms with Gasteiger partial charge in [-0.3, -0.25) is 4.31 Å². The number of rotatable bonds is 3. The van der Waals surface area contributed by atoms with E-state index in [0.717, 1.165) is 0 Å². The van der Waals surface area contributed by atoms with Gasteiger partial charge in [0, 0.05) is 12.7 Å². The molecule has 0 radical (unpaired) electrons. The second kappa shape index (κ2) is 4.64. The van der Waals surface area contributed by atoms with Gasteiger partial charge in [0.05, 0.1) is 30.7 Å². The minimum absolute atomic E-state index is 0.266. The number of methoxy groups -OCH3 is 1. The fraction of sp³-hybridized carbons (Fsp3) is 0.455. The minimum Gasteiger partial charge on any atom is -0.387 e. The van der Waals surface area contributed by atoms with Crippen molar-refractivity contribution in [1.29, 1.82) is 0 Å². The first-order valence-corrected chi connectivity index (χ1v) is 6.93. The number of sulfonamides is 1. The predicted molar refractivity (Wildman–Crippen MR) is 64.4 cm³/mol. The molecule has 6 heteroatoms. The summed E-state index contributed by atoms with van der Waals surface area (Å²) in [6.45, 7) is 0.590. The van der Waals surface area contributed by atoms with Crippen LogP contribution in [0.3, 0.4) is 0 Å². The number of hydrogen-bond acceptors (Lipinski definition) is 4. The van der Waals surface area contributed by atoms with E-state index in [1.165, 1.54) is 11.4 Å². The van der Waals surface area contributed by atoms with Gasteiger partial charge in [0.2, 0.25) is 10.0 Å². The van der Waals surface area contributed by atoms with Crippen molar-refractivity contribution in [2.75, 3.05) is 30.3 Å². The summed E-state index contributed by atoms with van der Waals surface area (Å²) >= 11 is 0. The molecule has 5 nitrogen and oxygen atoms in total. The number of anilines is 1. The van der Waals surface area contributed by atoms with Crippen molar-refractivity contribution in [3.63, 3.8) is 0 Å². The molecule has 0 amide bonds. The van der Waals surface area contributed by atoms with Crippen molar-refractivity contribution in [3.05, 3.63) is 29.8 Å². The van der Waals surface area contributed by atoms with Crippen LogP contribution in [0.5, 0.6) is 0 Å². The van der Waals surface area contributed by atoms with E-state index in [1.54, 1.807) is 24.3 Å². The SMILES string of the molecule is COCCN1c2ccccc2[C@H](O)CS1(=O)=O. The molecule has 0 saturated heterocycles. The van der Waals surface area contributed by atoms with Crippen LogP contribution in [0.2, 0.25) is 0 Å². The van der Waals surface area contributed by atoms with E-state index in [9.17, 15) is 13.5 Å². The zero-order valence-electron chi connectivity index (χ0n) is 9.54. The van der Waals surface area contributed by atoms with Gasteiger partial charge in [-0.2, -0.15) is 0 Å². The molecule has 2 rings (SSSR count). The monoisotopic (exact) mass is 257 g/mol. The minimum atomic E-state index is -3.46. The molecule has 1 aliphatic rings. The van der Waals surface area contributed by atoms with E-state index in [2.05, 4.69) is 0 Å². The lowest BCUT2D eigenvalue weighted by molar-refractivity contribution is 0.196. The van der Waals surface area contributed by atoms with Crippen LogP contribution in [-0.4, -0.2) is 39.5 Å². The molecule has 94 valence electrons. The fourth-order valence-corrected chi connectivity index (χ4v) is 3.54. The molecule has 1 aromatic rings. The zero-order chi connectivity index (χ0) is 12.5. The molecule has 0 unspecified atom stereocenters. The first-order valence-electron chi connectivity index (χ1n) is 5.32. The first-order chi connectivity index (χ1) is 8.06. The highest BCUT2D eigenvalue weighted by atomic mass is 32.2. The molecule has 0 fully saturated rings. The highest BCUT2D eigenvalue weighted by molar-refractivity contribution is 7.92. The van der Waals surface area contributed by atoms with Crippen LogP contribution in [0, 0.1) is 0 Å². The Kier molecular flexibility index (Phi) is 3.37. The maximum atomic E-state index is 12.0. The highest BCUT2D eigenvalue weighted by Gasteiger charge is 2.34. The van der Waals surface area contributed by atoms with E-state index in [1.807, 2.05) is 0 Å². The van der Waals surface area contributed by atoms with Gasteiger partial charge in [-0.1, -0.05) is 18.2 Å². The second-order valence-electron chi connectivity index (χ2n) is 3.92. The Hall–Kier alpha value is -1.11. The summed E-state index contributed by atoms with van der Waals surface area (Å²) in [7, 11) is -1.93. The van der Waals surface area contributed by atoms with E-state index in [4.69, 9.17) is 4.74 Å². The standard InChI is InChI=1S/C11H15NO4S/c1-16-7-6-12-10-5-3-2-4-9(10)11(13)8-17(12,14)15/h2-5,11,13H,6-8H2,1H3/t11-/m1/s1. The van der Waals surface area contributed by atoms with Gasteiger partial charge in [0.15, 0.2) is 0 Å². The van der Waals surface area contributed by atoms with E-state index in [0.29, 0.717) is 17.9 Å². The molecule has 1 aromatic carbocycles. The molecule has 0 aliphatic carbocycles. The highest BCUT2D eigenvalue weighted by Crippen LogP contribution is 2.34. The zero-order valence-corrected chi connectivity index (χ0v) is 10.4. The van der Waals surface area contributed by atoms with E-state index in [-0.39, 0.29) is 12.3 Å². The third kappa shape index (κ3) is 2.29. The van der Waals surface area contributed by atoms with Gasteiger partial charge in [0.25, 0.3) is 0 Å². The summed E-state index contributed by atoms with van der Waals surface area (Å²) in [5.74, 6) is -0.270. The summed E-state index contributed by atoms with van der Waals surface area (Å²) in [4.78, 5) is 0. The lowest BCUT2D eigenvalue weighted by atomic mass is 10.1. The second-order valence-corrected chi connectivity index (χ2v) is 5.86. The summed E-state index contributed by atoms with van der Waals surface area (Å²) in [5.41, 5.74) is 1.20. The van der Waals surface area contributed by atoms with Crippen molar-refractivity contribution in [3.8, 4) is 0 Å². The summed E-state index contributed by atoms with van der Waals surface area (Å²) in [5, 5.41) is 9.80. The number of aliphatic hydroxyl groups is 1. The fourth-order valence-electron chi connectivity index (χ4n) is 1.96. The van der Waals surface area contributed by atoms with Crippen molar-refractivity contribution in [2.45, 2.75) is 6.10 Å². The van der Waals surface area contributed by atoms with E-state index < -0.39 is 16.1 Å². The lowest BCUT2D eigenvalue weighted by Gasteiger charge is -2.32. The third-order valence-electron chi connectivity index (χ3n) is 2.77. The molecule has 1 atom stereocenters. The molecule has 1 N–H and O–H groups in total. The predicted octanol–water partition coefficient (Wildman–Crippen LogP) is 0.516. The molecular weight excluding hydrogens is 242 g/mol. The summed E-state index contributed by atoms with van der Waals surface area (Å²) in [6.07, 6.45) is -0.949. The van der Waals surface area contributed by atoms with Crippen LogP contribution in [-0.2, 0) is 14.8 Å². The van der Waals surface area contributed by atoms with Crippen molar-refractivity contribution < 1.29 is 18.3 Å². The Labute approximate surface area is 101 Å². The Morgan fingerprint density at radius 3 is 2.88 bits per heavy atom. The van der Waals surface area contributed by atoms with Crippen LogP contribution >= 0.6 is 0 Å². The number of hydrogen-bond donors (Lipinski definition) is 1. The molecule has 0 aromatic heterocycles. The quantitative estimate of drug-likeness (QED) is 0.857. The van der Waals surface area contributed by atoms with Crippen molar-refractivity contribution in [2.24, 2.45) is 0 Å². The van der Waals surface area contributed by atoms with Crippen LogP contribution in [0.1, 0.15) is 11.7 Å². The number of fused-ring (bicyclic) bond motifs is 1. The Morgan fingerprint density at radius 1 is 1.47 bits per heavy atom. The van der Waals surface area contributed by atoms with Gasteiger partial charge < -0.3 is 9.84 Å². The average molecular weight is 257 g/mol. The Bertz CT molecular complexity index is 500. The van der Waals surface area contributed by atoms with Crippen LogP contribution < -0.4 is 4.31 Å². The molecule has 1 heterocycles. The number of para-hydroxylation sites is 1. The van der Waals surface area contributed by atoms with Gasteiger partial charge >= 0.3 is 0 Å². The Balaban J connectivity index is 2.44. The van der Waals surface area contributed by atoms with Gasteiger partial charge in [0.1, 0.15) is 0 Å². The van der Waals surface area contributed by atoms with Crippen molar-refractivity contribution in [1.82, 2.24) is 0 Å². The van der Waals surface area contributed by atoms with Crippen LogP contribution in [0.15, 0.2) is 24.3 Å². The molecule has 0 spiro atoms.